The van der Waals surface area contributed by atoms with Crippen LogP contribution < -0.4 is 0 Å². The average Bonchev–Trinajstić information content (AvgIpc) is 2.63. The van der Waals surface area contributed by atoms with Gasteiger partial charge in [-0.1, -0.05) is 19.6 Å². The number of hydrogen-bond acceptors (Lipinski definition) is 0. The first kappa shape index (κ1) is 6.94. The zero-order valence-electron chi connectivity index (χ0n) is 7.55. The van der Waals surface area contributed by atoms with Crippen LogP contribution in [0.5, 0.6) is 0 Å². The van der Waals surface area contributed by atoms with Gasteiger partial charge in [0.25, 0.3) is 0 Å². The van der Waals surface area contributed by atoms with E-state index in [0.717, 1.165) is 23.7 Å². The van der Waals surface area contributed by atoms with Crippen LogP contribution in [0.2, 0.25) is 0 Å². The van der Waals surface area contributed by atoms with Crippen molar-refractivity contribution in [3.05, 3.63) is 24.3 Å². The van der Waals surface area contributed by atoms with E-state index in [1.165, 1.54) is 36.8 Å². The third kappa shape index (κ3) is 0.608. The molecular formula is C12H16. The summed E-state index contributed by atoms with van der Waals surface area (Å²) in [7, 11) is 0. The predicted octanol–water partition coefficient (Wildman–Crippen LogP) is 3.16. The van der Waals surface area contributed by atoms with E-state index >= 15 is 0 Å². The molecule has 0 aliphatic heterocycles. The molecule has 0 aromatic rings. The average molecular weight is 160 g/mol. The molecule has 0 saturated heterocycles. The third-order valence-corrected chi connectivity index (χ3v) is 4.47. The molecule has 2 bridgehead atoms. The van der Waals surface area contributed by atoms with E-state index in [4.69, 9.17) is 0 Å². The smallest absolute Gasteiger partial charge is 0.0128 e. The Labute approximate surface area is 74.4 Å². The molecule has 3 saturated carbocycles. The van der Waals surface area contributed by atoms with Crippen molar-refractivity contribution in [1.82, 2.24) is 0 Å². The molecule has 4 atom stereocenters. The zero-order valence-corrected chi connectivity index (χ0v) is 7.55. The molecular weight excluding hydrogens is 144 g/mol. The van der Waals surface area contributed by atoms with E-state index in [1.807, 2.05) is 0 Å². The Morgan fingerprint density at radius 3 is 1.92 bits per heavy atom. The molecule has 3 rings (SSSR count). The van der Waals surface area contributed by atoms with Crippen molar-refractivity contribution >= 4 is 0 Å². The summed E-state index contributed by atoms with van der Waals surface area (Å²) in [5.74, 6) is 3.70. The summed E-state index contributed by atoms with van der Waals surface area (Å²) in [5, 5.41) is 0. The molecule has 12 heavy (non-hydrogen) atoms. The molecule has 0 heteroatoms. The third-order valence-electron chi connectivity index (χ3n) is 4.47. The number of hydrogen-bond donors (Lipinski definition) is 0. The van der Waals surface area contributed by atoms with Gasteiger partial charge in [-0.25, -0.2) is 0 Å². The minimum absolute atomic E-state index is 0.843. The van der Waals surface area contributed by atoms with E-state index in [9.17, 15) is 0 Å². The van der Waals surface area contributed by atoms with E-state index in [-0.39, 0.29) is 0 Å². The lowest BCUT2D eigenvalue weighted by atomic mass is 9.77. The Kier molecular flexibility index (Phi) is 1.18. The summed E-state index contributed by atoms with van der Waals surface area (Å²) in [6, 6.07) is 0. The van der Waals surface area contributed by atoms with Crippen LogP contribution in [0.15, 0.2) is 24.3 Å². The van der Waals surface area contributed by atoms with Gasteiger partial charge >= 0.3 is 0 Å². The maximum atomic E-state index is 4.18. The summed E-state index contributed by atoms with van der Waals surface area (Å²) >= 11 is 0. The largest absolute Gasteiger partial charge is 0.0953 e. The van der Waals surface area contributed by atoms with Crippen LogP contribution in [0.1, 0.15) is 25.7 Å². The molecule has 0 aromatic carbocycles. The molecule has 3 aliphatic carbocycles. The second kappa shape index (κ2) is 2.04. The van der Waals surface area contributed by atoms with Crippen LogP contribution in [0.25, 0.3) is 0 Å². The highest BCUT2D eigenvalue weighted by Gasteiger charge is 2.52. The van der Waals surface area contributed by atoms with Crippen LogP contribution >= 0.6 is 0 Å². The summed E-state index contributed by atoms with van der Waals surface area (Å²) in [6.07, 6.45) is 5.80. The van der Waals surface area contributed by atoms with Crippen molar-refractivity contribution in [3.8, 4) is 0 Å². The first-order valence-corrected chi connectivity index (χ1v) is 5.17. The number of rotatable bonds is 0. The standard InChI is InChI=1S/C12H16/c1-7-8(2)12-6-11(7)9-4-3-5-10(9)12/h9-12H,1-6H2. The van der Waals surface area contributed by atoms with Crippen molar-refractivity contribution in [2.75, 3.05) is 0 Å². The molecule has 64 valence electrons. The van der Waals surface area contributed by atoms with Crippen LogP contribution in [0.3, 0.4) is 0 Å². The Hall–Kier alpha value is -0.520. The maximum absolute atomic E-state index is 4.18. The van der Waals surface area contributed by atoms with Gasteiger partial charge in [-0.05, 0) is 54.1 Å². The van der Waals surface area contributed by atoms with Crippen molar-refractivity contribution in [3.63, 3.8) is 0 Å². The monoisotopic (exact) mass is 160 g/mol. The van der Waals surface area contributed by atoms with Gasteiger partial charge in [0.1, 0.15) is 0 Å². The second-order valence-corrected chi connectivity index (χ2v) is 4.76. The summed E-state index contributed by atoms with van der Waals surface area (Å²) in [4.78, 5) is 0. The fourth-order valence-corrected chi connectivity index (χ4v) is 3.92. The first-order valence-electron chi connectivity index (χ1n) is 5.17. The van der Waals surface area contributed by atoms with Gasteiger partial charge in [0.15, 0.2) is 0 Å². The summed E-state index contributed by atoms with van der Waals surface area (Å²) in [5.41, 5.74) is 2.81. The van der Waals surface area contributed by atoms with Crippen LogP contribution in [0, 0.1) is 23.7 Å². The van der Waals surface area contributed by atoms with Crippen LogP contribution in [-0.2, 0) is 0 Å². The SMILES string of the molecule is C=C1C(=C)C2CC1C1CCCC21. The fourth-order valence-electron chi connectivity index (χ4n) is 3.92. The molecule has 0 aromatic heterocycles. The molecule has 0 N–H and O–H groups in total. The van der Waals surface area contributed by atoms with E-state index in [1.54, 1.807) is 0 Å². The van der Waals surface area contributed by atoms with Crippen molar-refractivity contribution in [1.29, 1.82) is 0 Å². The Balaban J connectivity index is 2.02. The van der Waals surface area contributed by atoms with Crippen molar-refractivity contribution in [2.24, 2.45) is 23.7 Å². The van der Waals surface area contributed by atoms with E-state index < -0.39 is 0 Å². The van der Waals surface area contributed by atoms with Gasteiger partial charge in [0.05, 0.1) is 0 Å². The number of allylic oxidation sites excluding steroid dienone is 2. The van der Waals surface area contributed by atoms with Crippen molar-refractivity contribution in [2.45, 2.75) is 25.7 Å². The lowest BCUT2D eigenvalue weighted by molar-refractivity contribution is 0.344. The van der Waals surface area contributed by atoms with Crippen molar-refractivity contribution < 1.29 is 0 Å². The normalized spacial score (nSPS) is 50.3. The Morgan fingerprint density at radius 2 is 1.42 bits per heavy atom. The molecule has 0 spiro atoms. The minimum atomic E-state index is 0.843. The quantitative estimate of drug-likeness (QED) is 0.510. The van der Waals surface area contributed by atoms with Gasteiger partial charge in [0, 0.05) is 0 Å². The summed E-state index contributed by atoms with van der Waals surface area (Å²) < 4.78 is 0. The zero-order chi connectivity index (χ0) is 8.29. The van der Waals surface area contributed by atoms with E-state index in [0.29, 0.717) is 0 Å². The molecule has 0 heterocycles. The van der Waals surface area contributed by atoms with Gasteiger partial charge < -0.3 is 0 Å². The molecule has 3 aliphatic rings. The highest BCUT2D eigenvalue weighted by molar-refractivity contribution is 5.40. The molecule has 4 unspecified atom stereocenters. The predicted molar refractivity (Wildman–Crippen MR) is 50.7 cm³/mol. The molecule has 0 radical (unpaired) electrons. The topological polar surface area (TPSA) is 0 Å². The molecule has 0 nitrogen and oxygen atoms in total. The Bertz CT molecular complexity index is 235. The minimum Gasteiger partial charge on any atom is -0.0953 e. The fraction of sp³-hybridized carbons (Fsp3) is 0.667. The maximum Gasteiger partial charge on any atom is -0.0128 e. The lowest BCUT2D eigenvalue weighted by Gasteiger charge is -2.27. The van der Waals surface area contributed by atoms with Crippen LogP contribution in [-0.4, -0.2) is 0 Å². The lowest BCUT2D eigenvalue weighted by Crippen LogP contribution is -2.19. The van der Waals surface area contributed by atoms with Crippen LogP contribution in [0.4, 0.5) is 0 Å². The highest BCUT2D eigenvalue weighted by atomic mass is 14.6. The first-order chi connectivity index (χ1) is 5.79. The Morgan fingerprint density at radius 1 is 0.917 bits per heavy atom. The van der Waals surface area contributed by atoms with E-state index in [2.05, 4.69) is 13.2 Å². The molecule has 0 amide bonds. The second-order valence-electron chi connectivity index (χ2n) is 4.76. The van der Waals surface area contributed by atoms with Gasteiger partial charge in [-0.3, -0.25) is 0 Å². The van der Waals surface area contributed by atoms with Gasteiger partial charge in [0.2, 0.25) is 0 Å². The summed E-state index contributed by atoms with van der Waals surface area (Å²) in [6.45, 7) is 8.36. The van der Waals surface area contributed by atoms with Gasteiger partial charge in [-0.2, -0.15) is 0 Å². The van der Waals surface area contributed by atoms with Gasteiger partial charge in [-0.15, -0.1) is 0 Å². The highest BCUT2D eigenvalue weighted by Crippen LogP contribution is 2.62. The number of fused-ring (bicyclic) bond motifs is 5. The molecule has 3 fully saturated rings.